The molecule has 1 unspecified atom stereocenters. The third kappa shape index (κ3) is 1.94. The van der Waals surface area contributed by atoms with Gasteiger partial charge in [-0.25, -0.2) is 0 Å². The zero-order chi connectivity index (χ0) is 11.9. The summed E-state index contributed by atoms with van der Waals surface area (Å²) in [5.74, 6) is 1.46. The van der Waals surface area contributed by atoms with Gasteiger partial charge in [-0.3, -0.25) is 0 Å². The number of hydrogen-bond donors (Lipinski definition) is 0. The molecule has 88 valence electrons. The van der Waals surface area contributed by atoms with Crippen LogP contribution >= 0.6 is 0 Å². The van der Waals surface area contributed by atoms with Gasteiger partial charge in [-0.1, -0.05) is 19.9 Å². The molecule has 1 atom stereocenters. The van der Waals surface area contributed by atoms with Crippen LogP contribution in [0.2, 0.25) is 0 Å². The number of methoxy groups -OCH3 is 1. The smallest absolute Gasteiger partial charge is 0.124 e. The molecule has 1 aliphatic heterocycles. The first-order valence-electron chi connectivity index (χ1n) is 5.81. The Balaban J connectivity index is 2.37. The van der Waals surface area contributed by atoms with E-state index in [-0.39, 0.29) is 11.7 Å². The van der Waals surface area contributed by atoms with Crippen molar-refractivity contribution in [3.05, 3.63) is 29.3 Å². The van der Waals surface area contributed by atoms with E-state index in [9.17, 15) is 0 Å². The molecule has 2 heteroatoms. The van der Waals surface area contributed by atoms with Gasteiger partial charge in [0, 0.05) is 5.56 Å². The minimum atomic E-state index is -0.0388. The van der Waals surface area contributed by atoms with E-state index in [4.69, 9.17) is 9.47 Å². The second kappa shape index (κ2) is 3.77. The Bertz CT molecular complexity index is 394. The monoisotopic (exact) mass is 220 g/mol. The number of benzene rings is 1. The predicted octanol–water partition coefficient (Wildman–Crippen LogP) is 3.67. The van der Waals surface area contributed by atoms with Crippen molar-refractivity contribution < 1.29 is 9.47 Å². The van der Waals surface area contributed by atoms with Crippen LogP contribution in [0.15, 0.2) is 18.2 Å². The lowest BCUT2D eigenvalue weighted by atomic mass is 9.96. The first kappa shape index (κ1) is 11.5. The van der Waals surface area contributed by atoms with Gasteiger partial charge in [0.2, 0.25) is 0 Å². The van der Waals surface area contributed by atoms with Crippen LogP contribution in [0, 0.1) is 0 Å². The Morgan fingerprint density at radius 2 is 1.94 bits per heavy atom. The zero-order valence-electron chi connectivity index (χ0n) is 10.7. The van der Waals surface area contributed by atoms with Crippen molar-refractivity contribution >= 4 is 0 Å². The predicted molar refractivity (Wildman–Crippen MR) is 65.0 cm³/mol. The summed E-state index contributed by atoms with van der Waals surface area (Å²) in [6.45, 7) is 8.62. The highest BCUT2D eigenvalue weighted by Crippen LogP contribution is 2.51. The molecule has 2 rings (SSSR count). The van der Waals surface area contributed by atoms with Crippen molar-refractivity contribution in [2.24, 2.45) is 0 Å². The van der Waals surface area contributed by atoms with Crippen LogP contribution in [0.25, 0.3) is 0 Å². The van der Waals surface area contributed by atoms with E-state index in [1.165, 1.54) is 11.1 Å². The molecule has 0 saturated carbocycles. The van der Waals surface area contributed by atoms with Gasteiger partial charge in [0.1, 0.15) is 11.9 Å². The lowest BCUT2D eigenvalue weighted by Crippen LogP contribution is -2.01. The number of hydrogen-bond acceptors (Lipinski definition) is 2. The molecule has 0 bridgehead atoms. The largest absolute Gasteiger partial charge is 0.496 e. The number of epoxide rings is 1. The van der Waals surface area contributed by atoms with E-state index in [0.29, 0.717) is 5.92 Å². The number of ether oxygens (including phenoxy) is 2. The fourth-order valence-electron chi connectivity index (χ4n) is 2.02. The molecule has 1 aliphatic rings. The maximum atomic E-state index is 5.69. The molecule has 1 aromatic carbocycles. The van der Waals surface area contributed by atoms with Gasteiger partial charge in [0.05, 0.1) is 12.7 Å². The minimum Gasteiger partial charge on any atom is -0.496 e. The Hall–Kier alpha value is -1.02. The molecule has 16 heavy (non-hydrogen) atoms. The molecule has 1 heterocycles. The summed E-state index contributed by atoms with van der Waals surface area (Å²) in [5.41, 5.74) is 2.48. The van der Waals surface area contributed by atoms with Crippen LogP contribution in [0.4, 0.5) is 0 Å². The van der Waals surface area contributed by atoms with Crippen molar-refractivity contribution in [1.29, 1.82) is 0 Å². The highest BCUT2D eigenvalue weighted by Gasteiger charge is 2.50. The Labute approximate surface area is 97.6 Å². The van der Waals surface area contributed by atoms with Crippen molar-refractivity contribution in [2.45, 2.75) is 45.3 Å². The van der Waals surface area contributed by atoms with Gasteiger partial charge in [-0.05, 0) is 37.5 Å². The molecule has 0 amide bonds. The zero-order valence-corrected chi connectivity index (χ0v) is 10.7. The quantitative estimate of drug-likeness (QED) is 0.725. The van der Waals surface area contributed by atoms with Gasteiger partial charge < -0.3 is 9.47 Å². The van der Waals surface area contributed by atoms with E-state index >= 15 is 0 Å². The van der Waals surface area contributed by atoms with E-state index in [1.54, 1.807) is 7.11 Å². The lowest BCUT2D eigenvalue weighted by molar-refractivity contribution is 0.322. The molecule has 1 saturated heterocycles. The lowest BCUT2D eigenvalue weighted by Gasteiger charge is -2.11. The fourth-order valence-corrected chi connectivity index (χ4v) is 2.02. The van der Waals surface area contributed by atoms with Crippen LogP contribution in [0.1, 0.15) is 50.8 Å². The fraction of sp³-hybridized carbons (Fsp3) is 0.571. The van der Waals surface area contributed by atoms with Crippen molar-refractivity contribution in [2.75, 3.05) is 7.11 Å². The summed E-state index contributed by atoms with van der Waals surface area (Å²) < 4.78 is 11.1. The van der Waals surface area contributed by atoms with E-state index in [0.717, 1.165) is 5.75 Å². The molecular weight excluding hydrogens is 200 g/mol. The summed E-state index contributed by atoms with van der Waals surface area (Å²) in [6.07, 6.45) is 0.182. The topological polar surface area (TPSA) is 21.8 Å². The van der Waals surface area contributed by atoms with Gasteiger partial charge in [-0.2, -0.15) is 0 Å². The second-order valence-electron chi connectivity index (χ2n) is 5.26. The van der Waals surface area contributed by atoms with E-state index < -0.39 is 0 Å². The molecule has 0 aliphatic carbocycles. The molecule has 1 fully saturated rings. The van der Waals surface area contributed by atoms with Crippen molar-refractivity contribution in [3.8, 4) is 5.75 Å². The van der Waals surface area contributed by atoms with Crippen molar-refractivity contribution in [1.82, 2.24) is 0 Å². The summed E-state index contributed by atoms with van der Waals surface area (Å²) in [6, 6.07) is 6.38. The third-order valence-corrected chi connectivity index (χ3v) is 3.20. The normalized spacial score (nSPS) is 22.2. The highest BCUT2D eigenvalue weighted by molar-refractivity contribution is 5.42. The van der Waals surface area contributed by atoms with Gasteiger partial charge in [-0.15, -0.1) is 0 Å². The van der Waals surface area contributed by atoms with Crippen LogP contribution in [0.5, 0.6) is 5.75 Å². The summed E-state index contributed by atoms with van der Waals surface area (Å²) in [5, 5.41) is 0. The van der Waals surface area contributed by atoms with Crippen LogP contribution in [-0.2, 0) is 4.74 Å². The average Bonchev–Trinajstić information content (AvgIpc) is 2.86. The summed E-state index contributed by atoms with van der Waals surface area (Å²) >= 11 is 0. The molecule has 1 aromatic rings. The van der Waals surface area contributed by atoms with Gasteiger partial charge in [0.15, 0.2) is 0 Å². The second-order valence-corrected chi connectivity index (χ2v) is 5.26. The molecule has 0 aromatic heterocycles. The Morgan fingerprint density at radius 1 is 1.31 bits per heavy atom. The van der Waals surface area contributed by atoms with E-state index in [2.05, 4.69) is 39.8 Å². The SMILES string of the molecule is COc1ccc(C(C)C)cc1C1OC1(C)C. The molecule has 0 N–H and O–H groups in total. The van der Waals surface area contributed by atoms with Gasteiger partial charge in [0.25, 0.3) is 0 Å². The Kier molecular flexibility index (Phi) is 2.70. The van der Waals surface area contributed by atoms with Crippen LogP contribution in [0.3, 0.4) is 0 Å². The summed E-state index contributed by atoms with van der Waals surface area (Å²) in [7, 11) is 1.71. The molecule has 2 nitrogen and oxygen atoms in total. The number of rotatable bonds is 3. The first-order chi connectivity index (χ1) is 7.45. The maximum Gasteiger partial charge on any atom is 0.124 e. The third-order valence-electron chi connectivity index (χ3n) is 3.20. The van der Waals surface area contributed by atoms with Crippen LogP contribution < -0.4 is 4.74 Å². The standard InChI is InChI=1S/C14H20O2/c1-9(2)10-6-7-12(15-5)11(8-10)13-14(3,4)16-13/h6-9,13H,1-5H3. The molecule has 0 spiro atoms. The Morgan fingerprint density at radius 3 is 2.38 bits per heavy atom. The molecule has 0 radical (unpaired) electrons. The van der Waals surface area contributed by atoms with Crippen molar-refractivity contribution in [3.63, 3.8) is 0 Å². The first-order valence-corrected chi connectivity index (χ1v) is 5.81. The summed E-state index contributed by atoms with van der Waals surface area (Å²) in [4.78, 5) is 0. The van der Waals surface area contributed by atoms with Crippen LogP contribution in [-0.4, -0.2) is 12.7 Å². The molecular formula is C14H20O2. The van der Waals surface area contributed by atoms with Gasteiger partial charge >= 0.3 is 0 Å². The maximum absolute atomic E-state index is 5.69. The highest BCUT2D eigenvalue weighted by atomic mass is 16.6. The average molecular weight is 220 g/mol. The minimum absolute atomic E-state index is 0.0388. The van der Waals surface area contributed by atoms with E-state index in [1.807, 2.05) is 6.07 Å².